The second-order valence-electron chi connectivity index (χ2n) is 8.64. The molecule has 1 spiro atoms. The zero-order valence-electron chi connectivity index (χ0n) is 18.4. The molecule has 1 saturated carbocycles. The largest absolute Gasteiger partial charge is 0.467 e. The average molecular weight is 440 g/mol. The van der Waals surface area contributed by atoms with E-state index in [4.69, 9.17) is 4.74 Å². The van der Waals surface area contributed by atoms with E-state index in [2.05, 4.69) is 6.58 Å². The van der Waals surface area contributed by atoms with E-state index < -0.39 is 23.6 Å². The van der Waals surface area contributed by atoms with Crippen molar-refractivity contribution in [2.45, 2.75) is 49.7 Å². The summed E-state index contributed by atoms with van der Waals surface area (Å²) in [5, 5.41) is 0. The Labute approximate surface area is 187 Å². The number of esters is 1. The molecular weight excluding hydrogens is 410 g/mol. The Morgan fingerprint density at radius 1 is 1.19 bits per heavy atom. The number of piperazine rings is 1. The molecule has 1 aromatic carbocycles. The Balaban J connectivity index is 1.64. The first-order chi connectivity index (χ1) is 15.4. The molecule has 3 aliphatic rings. The Morgan fingerprint density at radius 2 is 1.91 bits per heavy atom. The van der Waals surface area contributed by atoms with Crippen LogP contribution < -0.4 is 0 Å². The zero-order valence-corrected chi connectivity index (χ0v) is 18.4. The number of methoxy groups -OCH3 is 1. The smallest absolute Gasteiger partial charge is 0.328 e. The van der Waals surface area contributed by atoms with Gasteiger partial charge in [-0.05, 0) is 37.3 Å². The summed E-state index contributed by atoms with van der Waals surface area (Å²) in [4.78, 5) is 56.7. The normalized spacial score (nSPS) is 22.6. The highest BCUT2D eigenvalue weighted by Gasteiger charge is 2.61. The van der Waals surface area contributed by atoms with E-state index in [1.165, 1.54) is 13.2 Å². The van der Waals surface area contributed by atoms with E-state index in [0.29, 0.717) is 45.2 Å². The first-order valence-electron chi connectivity index (χ1n) is 11.1. The SMILES string of the molecule is C=CC(=O)N1CCN([C@@H](Cc2ccccc2)C(=O)N2CCC[C@@H]2C(=O)OC)C(=O)C12CC2. The van der Waals surface area contributed by atoms with Gasteiger partial charge in [0.15, 0.2) is 0 Å². The number of amides is 3. The molecule has 32 heavy (non-hydrogen) atoms. The number of likely N-dealkylation sites (tertiary alicyclic amines) is 1. The van der Waals surface area contributed by atoms with Crippen LogP contribution in [0.1, 0.15) is 31.2 Å². The zero-order chi connectivity index (χ0) is 22.9. The van der Waals surface area contributed by atoms with Crippen LogP contribution in [0, 0.1) is 0 Å². The van der Waals surface area contributed by atoms with Crippen LogP contribution in [0.2, 0.25) is 0 Å². The minimum Gasteiger partial charge on any atom is -0.467 e. The fourth-order valence-electron chi connectivity index (χ4n) is 5.01. The van der Waals surface area contributed by atoms with Gasteiger partial charge < -0.3 is 19.4 Å². The van der Waals surface area contributed by atoms with Gasteiger partial charge in [-0.2, -0.15) is 0 Å². The molecule has 8 heteroatoms. The van der Waals surface area contributed by atoms with E-state index in [-0.39, 0.29) is 24.3 Å². The maximum Gasteiger partial charge on any atom is 0.328 e. The lowest BCUT2D eigenvalue weighted by Gasteiger charge is -2.44. The molecule has 2 saturated heterocycles. The van der Waals surface area contributed by atoms with Crippen LogP contribution in [0.25, 0.3) is 0 Å². The van der Waals surface area contributed by atoms with Crippen molar-refractivity contribution >= 4 is 23.7 Å². The summed E-state index contributed by atoms with van der Waals surface area (Å²) in [5.74, 6) is -1.12. The fourth-order valence-corrected chi connectivity index (χ4v) is 5.01. The molecule has 3 amide bonds. The predicted molar refractivity (Wildman–Crippen MR) is 116 cm³/mol. The minimum atomic E-state index is -0.870. The van der Waals surface area contributed by atoms with Gasteiger partial charge in [0.25, 0.3) is 0 Å². The van der Waals surface area contributed by atoms with Gasteiger partial charge in [-0.1, -0.05) is 36.9 Å². The maximum absolute atomic E-state index is 13.8. The highest BCUT2D eigenvalue weighted by Crippen LogP contribution is 2.46. The molecule has 2 aliphatic heterocycles. The van der Waals surface area contributed by atoms with Gasteiger partial charge in [0.05, 0.1) is 7.11 Å². The number of hydrogen-bond acceptors (Lipinski definition) is 5. The highest BCUT2D eigenvalue weighted by molar-refractivity contribution is 6.00. The second-order valence-corrected chi connectivity index (χ2v) is 8.64. The molecule has 8 nitrogen and oxygen atoms in total. The lowest BCUT2D eigenvalue weighted by Crippen LogP contribution is -2.65. The third-order valence-electron chi connectivity index (χ3n) is 6.85. The summed E-state index contributed by atoms with van der Waals surface area (Å²) in [6.45, 7) is 4.63. The quantitative estimate of drug-likeness (QED) is 0.490. The van der Waals surface area contributed by atoms with Crippen molar-refractivity contribution in [1.82, 2.24) is 14.7 Å². The first kappa shape index (κ1) is 22.0. The molecule has 4 rings (SSSR count). The number of rotatable bonds is 6. The molecule has 170 valence electrons. The molecule has 1 aliphatic carbocycles. The van der Waals surface area contributed by atoms with Crippen LogP contribution >= 0.6 is 0 Å². The number of hydrogen-bond donors (Lipinski definition) is 0. The van der Waals surface area contributed by atoms with Crippen LogP contribution in [-0.2, 0) is 30.3 Å². The monoisotopic (exact) mass is 439 g/mol. The standard InChI is InChI=1S/C24H29N3O5/c1-3-20(28)27-15-14-26(23(31)24(27)11-12-24)19(16-17-8-5-4-6-9-17)21(29)25-13-7-10-18(25)22(30)32-2/h3-6,8-9,18-19H,1,7,10-16H2,2H3/t18-,19+/m1/s1. The summed E-state index contributed by atoms with van der Waals surface area (Å²) in [6.07, 6.45) is 4.02. The van der Waals surface area contributed by atoms with Crippen LogP contribution in [0.4, 0.5) is 0 Å². The first-order valence-corrected chi connectivity index (χ1v) is 11.1. The average Bonchev–Trinajstić information content (AvgIpc) is 3.45. The summed E-state index contributed by atoms with van der Waals surface area (Å²) in [5.41, 5.74) is 0.0628. The van der Waals surface area contributed by atoms with Crippen molar-refractivity contribution in [3.05, 3.63) is 48.6 Å². The maximum atomic E-state index is 13.8. The van der Waals surface area contributed by atoms with Crippen LogP contribution in [-0.4, -0.2) is 82.8 Å². The molecule has 1 aromatic rings. The van der Waals surface area contributed by atoms with Gasteiger partial charge in [-0.3, -0.25) is 14.4 Å². The van der Waals surface area contributed by atoms with Gasteiger partial charge in [-0.25, -0.2) is 4.79 Å². The summed E-state index contributed by atoms with van der Waals surface area (Å²) in [7, 11) is 1.32. The molecule has 0 N–H and O–H groups in total. The number of ether oxygens (including phenoxy) is 1. The molecule has 0 unspecified atom stereocenters. The Morgan fingerprint density at radius 3 is 2.53 bits per heavy atom. The van der Waals surface area contributed by atoms with E-state index in [9.17, 15) is 19.2 Å². The van der Waals surface area contributed by atoms with Gasteiger partial charge in [-0.15, -0.1) is 0 Å². The molecule has 3 fully saturated rings. The van der Waals surface area contributed by atoms with Crippen LogP contribution in [0.5, 0.6) is 0 Å². The molecule has 0 radical (unpaired) electrons. The number of carbonyl (C=O) groups is 4. The van der Waals surface area contributed by atoms with Crippen molar-refractivity contribution in [1.29, 1.82) is 0 Å². The number of nitrogens with zero attached hydrogens (tertiary/aromatic N) is 3. The van der Waals surface area contributed by atoms with Crippen LogP contribution in [0.15, 0.2) is 43.0 Å². The summed E-state index contributed by atoms with van der Waals surface area (Å²) >= 11 is 0. The Hall–Kier alpha value is -3.16. The van der Waals surface area contributed by atoms with Crippen molar-refractivity contribution in [3.8, 4) is 0 Å². The molecule has 2 heterocycles. The van der Waals surface area contributed by atoms with Crippen molar-refractivity contribution in [2.75, 3.05) is 26.7 Å². The van der Waals surface area contributed by atoms with Crippen molar-refractivity contribution in [3.63, 3.8) is 0 Å². The lowest BCUT2D eigenvalue weighted by atomic mass is 9.99. The van der Waals surface area contributed by atoms with E-state index in [1.807, 2.05) is 30.3 Å². The van der Waals surface area contributed by atoms with E-state index in [0.717, 1.165) is 5.56 Å². The van der Waals surface area contributed by atoms with E-state index >= 15 is 0 Å². The number of carbonyl (C=O) groups excluding carboxylic acids is 4. The summed E-state index contributed by atoms with van der Waals surface area (Å²) in [6, 6.07) is 8.18. The Kier molecular flexibility index (Phi) is 6.04. The Bertz CT molecular complexity index is 927. The van der Waals surface area contributed by atoms with Gasteiger partial charge in [0.1, 0.15) is 17.6 Å². The third-order valence-corrected chi connectivity index (χ3v) is 6.85. The summed E-state index contributed by atoms with van der Waals surface area (Å²) < 4.78 is 4.91. The van der Waals surface area contributed by atoms with E-state index in [1.54, 1.807) is 14.7 Å². The van der Waals surface area contributed by atoms with Gasteiger partial charge in [0, 0.05) is 26.1 Å². The lowest BCUT2D eigenvalue weighted by molar-refractivity contribution is -0.160. The predicted octanol–water partition coefficient (Wildman–Crippen LogP) is 1.15. The fraction of sp³-hybridized carbons (Fsp3) is 0.500. The molecule has 2 atom stereocenters. The number of benzene rings is 1. The highest BCUT2D eigenvalue weighted by atomic mass is 16.5. The molecular formula is C24H29N3O5. The van der Waals surface area contributed by atoms with Crippen molar-refractivity contribution < 1.29 is 23.9 Å². The molecule has 0 bridgehead atoms. The van der Waals surface area contributed by atoms with Gasteiger partial charge >= 0.3 is 5.97 Å². The second kappa shape index (κ2) is 8.76. The minimum absolute atomic E-state index is 0.193. The third kappa shape index (κ3) is 3.78. The molecule has 0 aromatic heterocycles. The van der Waals surface area contributed by atoms with Crippen LogP contribution in [0.3, 0.4) is 0 Å². The topological polar surface area (TPSA) is 87.2 Å². The van der Waals surface area contributed by atoms with Gasteiger partial charge in [0.2, 0.25) is 17.7 Å². The van der Waals surface area contributed by atoms with Crippen molar-refractivity contribution in [2.24, 2.45) is 0 Å².